The first-order valence-corrected chi connectivity index (χ1v) is 4.32. The Bertz CT molecular complexity index is 129. The van der Waals surface area contributed by atoms with E-state index in [-0.39, 0.29) is 0 Å². The summed E-state index contributed by atoms with van der Waals surface area (Å²) in [5, 5.41) is 0. The molecule has 0 unspecified atom stereocenters. The number of unbranched alkanes of at least 4 members (excludes halogenated alkanes) is 1. The molecular weight excluding hydrogens is 132 g/mol. The van der Waals surface area contributed by atoms with Crippen LogP contribution in [0.1, 0.15) is 32.6 Å². The first-order chi connectivity index (χ1) is 5.41. The van der Waals surface area contributed by atoms with E-state index in [0.29, 0.717) is 0 Å². The van der Waals surface area contributed by atoms with E-state index in [9.17, 15) is 0 Å². The third kappa shape index (κ3) is 9.22. The van der Waals surface area contributed by atoms with E-state index >= 15 is 0 Å². The average Bonchev–Trinajstić information content (AvgIpc) is 2.03. The topological polar surface area (TPSA) is 0 Å². The summed E-state index contributed by atoms with van der Waals surface area (Å²) >= 11 is 0. The van der Waals surface area contributed by atoms with Crippen LogP contribution in [-0.4, -0.2) is 0 Å². The molecule has 0 aromatic heterocycles. The largest absolute Gasteiger partial charge is 0.103 e. The average molecular weight is 150 g/mol. The van der Waals surface area contributed by atoms with Crippen molar-refractivity contribution in [2.45, 2.75) is 32.6 Å². The quantitative estimate of drug-likeness (QED) is 0.504. The van der Waals surface area contributed by atoms with Gasteiger partial charge >= 0.3 is 0 Å². The maximum absolute atomic E-state index is 3.64. The first kappa shape index (κ1) is 10.2. The van der Waals surface area contributed by atoms with E-state index in [4.69, 9.17) is 0 Å². The Morgan fingerprint density at radius 1 is 1.00 bits per heavy atom. The third-order valence-electron chi connectivity index (χ3n) is 1.36. The van der Waals surface area contributed by atoms with Gasteiger partial charge in [0, 0.05) is 0 Å². The summed E-state index contributed by atoms with van der Waals surface area (Å²) in [5.74, 6) is 0. The van der Waals surface area contributed by atoms with Crippen LogP contribution in [0.15, 0.2) is 37.0 Å². The van der Waals surface area contributed by atoms with Gasteiger partial charge in [-0.25, -0.2) is 0 Å². The molecule has 0 N–H and O–H groups in total. The second-order valence-electron chi connectivity index (χ2n) is 2.49. The zero-order valence-electron chi connectivity index (χ0n) is 7.42. The molecule has 0 aromatic carbocycles. The van der Waals surface area contributed by atoms with Gasteiger partial charge in [0.15, 0.2) is 0 Å². The summed E-state index contributed by atoms with van der Waals surface area (Å²) in [6.45, 7) is 5.83. The minimum atomic E-state index is 0.988. The van der Waals surface area contributed by atoms with Crippen LogP contribution >= 0.6 is 0 Å². The van der Waals surface area contributed by atoms with Crippen molar-refractivity contribution in [2.75, 3.05) is 0 Å². The number of hydrogen-bond donors (Lipinski definition) is 0. The van der Waals surface area contributed by atoms with Gasteiger partial charge in [0.2, 0.25) is 0 Å². The fourth-order valence-corrected chi connectivity index (χ4v) is 0.748. The van der Waals surface area contributed by atoms with Gasteiger partial charge in [-0.05, 0) is 19.3 Å². The van der Waals surface area contributed by atoms with E-state index in [0.717, 1.165) is 12.8 Å². The molecule has 0 fully saturated rings. The molecule has 11 heavy (non-hydrogen) atoms. The lowest BCUT2D eigenvalue weighted by atomic mass is 10.2. The zero-order chi connectivity index (χ0) is 8.36. The van der Waals surface area contributed by atoms with E-state index in [1.165, 1.54) is 12.8 Å². The van der Waals surface area contributed by atoms with Crippen LogP contribution in [0.4, 0.5) is 0 Å². The summed E-state index contributed by atoms with van der Waals surface area (Å²) in [5.41, 5.74) is 0. The van der Waals surface area contributed by atoms with Crippen molar-refractivity contribution in [3.05, 3.63) is 37.0 Å². The standard InChI is InChI=1S/C11H18/c1-3-5-7-9-11-10-8-6-4-2/h3,7-10H,1,4-6,11H2,2H3/b9-7+,10-8+. The van der Waals surface area contributed by atoms with E-state index in [1.54, 1.807) is 0 Å². The molecule has 0 spiro atoms. The van der Waals surface area contributed by atoms with Crippen molar-refractivity contribution >= 4 is 0 Å². The second kappa shape index (κ2) is 9.22. The molecule has 62 valence electrons. The summed E-state index contributed by atoms with van der Waals surface area (Å²) in [4.78, 5) is 0. The van der Waals surface area contributed by atoms with E-state index in [1.807, 2.05) is 6.08 Å². The second-order valence-corrected chi connectivity index (χ2v) is 2.49. The third-order valence-corrected chi connectivity index (χ3v) is 1.36. The lowest BCUT2D eigenvalue weighted by molar-refractivity contribution is 0.954. The molecule has 0 saturated heterocycles. The van der Waals surface area contributed by atoms with Crippen molar-refractivity contribution in [3.8, 4) is 0 Å². The Balaban J connectivity index is 3.17. The molecule has 0 bridgehead atoms. The van der Waals surface area contributed by atoms with Crippen LogP contribution in [0.5, 0.6) is 0 Å². The molecule has 0 heteroatoms. The van der Waals surface area contributed by atoms with Crippen molar-refractivity contribution in [3.63, 3.8) is 0 Å². The fourth-order valence-electron chi connectivity index (χ4n) is 0.748. The lowest BCUT2D eigenvalue weighted by Gasteiger charge is -1.83. The molecular formula is C11H18. The highest BCUT2D eigenvalue weighted by molar-refractivity contribution is 4.95. The summed E-state index contributed by atoms with van der Waals surface area (Å²) < 4.78 is 0. The SMILES string of the molecule is C=CC/C=C/C/C=C/CCC. The van der Waals surface area contributed by atoms with Crippen LogP contribution in [0.2, 0.25) is 0 Å². The Hall–Kier alpha value is -0.780. The van der Waals surface area contributed by atoms with Crippen LogP contribution in [0, 0.1) is 0 Å². The summed E-state index contributed by atoms with van der Waals surface area (Å²) in [7, 11) is 0. The number of rotatable bonds is 6. The minimum absolute atomic E-state index is 0.988. The van der Waals surface area contributed by atoms with Crippen molar-refractivity contribution in [2.24, 2.45) is 0 Å². The molecule has 0 aliphatic heterocycles. The molecule has 0 radical (unpaired) electrons. The Labute approximate surface area is 70.3 Å². The van der Waals surface area contributed by atoms with Crippen LogP contribution in [-0.2, 0) is 0 Å². The van der Waals surface area contributed by atoms with Gasteiger partial charge in [-0.1, -0.05) is 43.7 Å². The molecule has 0 rings (SSSR count). The maximum atomic E-state index is 3.64. The highest BCUT2D eigenvalue weighted by Gasteiger charge is 1.72. The van der Waals surface area contributed by atoms with Gasteiger partial charge in [0.25, 0.3) is 0 Å². The summed E-state index contributed by atoms with van der Waals surface area (Å²) in [6, 6.07) is 0. The maximum Gasteiger partial charge on any atom is -0.0169 e. The van der Waals surface area contributed by atoms with Gasteiger partial charge < -0.3 is 0 Å². The number of allylic oxidation sites excluding steroid dienone is 5. The Kier molecular flexibility index (Phi) is 8.57. The van der Waals surface area contributed by atoms with E-state index < -0.39 is 0 Å². The smallest absolute Gasteiger partial charge is 0.0169 e. The molecule has 0 heterocycles. The molecule has 0 aliphatic rings. The van der Waals surface area contributed by atoms with Crippen LogP contribution in [0.3, 0.4) is 0 Å². The molecule has 0 nitrogen and oxygen atoms in total. The fraction of sp³-hybridized carbons (Fsp3) is 0.455. The Morgan fingerprint density at radius 2 is 1.64 bits per heavy atom. The normalized spacial score (nSPS) is 11.4. The zero-order valence-corrected chi connectivity index (χ0v) is 7.42. The van der Waals surface area contributed by atoms with Gasteiger partial charge in [0.05, 0.1) is 0 Å². The predicted octanol–water partition coefficient (Wildman–Crippen LogP) is 3.87. The molecule has 0 amide bonds. The first-order valence-electron chi connectivity index (χ1n) is 4.32. The number of hydrogen-bond acceptors (Lipinski definition) is 0. The highest BCUT2D eigenvalue weighted by Crippen LogP contribution is 1.93. The van der Waals surface area contributed by atoms with Gasteiger partial charge in [0.1, 0.15) is 0 Å². The van der Waals surface area contributed by atoms with Gasteiger partial charge in [-0.3, -0.25) is 0 Å². The molecule has 0 aliphatic carbocycles. The van der Waals surface area contributed by atoms with Gasteiger partial charge in [-0.15, -0.1) is 6.58 Å². The molecule has 0 aromatic rings. The van der Waals surface area contributed by atoms with Crippen LogP contribution in [0.25, 0.3) is 0 Å². The van der Waals surface area contributed by atoms with Gasteiger partial charge in [-0.2, -0.15) is 0 Å². The van der Waals surface area contributed by atoms with Crippen molar-refractivity contribution in [1.29, 1.82) is 0 Å². The van der Waals surface area contributed by atoms with Crippen molar-refractivity contribution in [1.82, 2.24) is 0 Å². The summed E-state index contributed by atoms with van der Waals surface area (Å²) in [6.07, 6.45) is 15.2. The predicted molar refractivity (Wildman–Crippen MR) is 52.6 cm³/mol. The van der Waals surface area contributed by atoms with E-state index in [2.05, 4.69) is 37.8 Å². The monoisotopic (exact) mass is 150 g/mol. The van der Waals surface area contributed by atoms with Crippen LogP contribution < -0.4 is 0 Å². The lowest BCUT2D eigenvalue weighted by Crippen LogP contribution is -1.62. The van der Waals surface area contributed by atoms with Crippen molar-refractivity contribution < 1.29 is 0 Å². The minimum Gasteiger partial charge on any atom is -0.103 e. The highest BCUT2D eigenvalue weighted by atomic mass is 13.8. The molecule has 0 saturated carbocycles. The Morgan fingerprint density at radius 3 is 2.27 bits per heavy atom. The molecule has 0 atom stereocenters.